The van der Waals surface area contributed by atoms with Crippen molar-refractivity contribution in [2.24, 2.45) is 0 Å². The number of rotatable bonds is 4. The smallest absolute Gasteiger partial charge is 0.408 e. The van der Waals surface area contributed by atoms with Crippen molar-refractivity contribution in [3.8, 4) is 0 Å². The van der Waals surface area contributed by atoms with Crippen molar-refractivity contribution in [1.29, 1.82) is 0 Å². The number of anilines is 1. The third-order valence-electron chi connectivity index (χ3n) is 4.61. The molecule has 0 saturated heterocycles. The summed E-state index contributed by atoms with van der Waals surface area (Å²) in [6.45, 7) is 7.03. The van der Waals surface area contributed by atoms with E-state index < -0.39 is 17.2 Å². The number of benzene rings is 2. The number of alkyl carbamates (subject to hydrolysis) is 1. The monoisotopic (exact) mass is 366 g/mol. The predicted octanol–water partition coefficient (Wildman–Crippen LogP) is 4.55. The average Bonchev–Trinajstić information content (AvgIpc) is 3.29. The molecule has 2 N–H and O–H groups in total. The molecule has 27 heavy (non-hydrogen) atoms. The lowest BCUT2D eigenvalue weighted by molar-refractivity contribution is -0.114. The molecule has 2 aromatic carbocycles. The zero-order chi connectivity index (χ0) is 19.7. The van der Waals surface area contributed by atoms with Crippen LogP contribution in [0.3, 0.4) is 0 Å². The fourth-order valence-corrected chi connectivity index (χ4v) is 3.42. The summed E-state index contributed by atoms with van der Waals surface area (Å²) < 4.78 is 5.49. The molecule has 2 atom stereocenters. The molecular formula is C22H26N2O3. The first-order valence-electron chi connectivity index (χ1n) is 9.14. The van der Waals surface area contributed by atoms with E-state index >= 15 is 0 Å². The lowest BCUT2D eigenvalue weighted by Gasteiger charge is -2.25. The van der Waals surface area contributed by atoms with Gasteiger partial charge in [-0.2, -0.15) is 0 Å². The van der Waals surface area contributed by atoms with E-state index in [1.54, 1.807) is 0 Å². The van der Waals surface area contributed by atoms with Crippen molar-refractivity contribution in [1.82, 2.24) is 5.32 Å². The third kappa shape index (κ3) is 4.48. The molecule has 142 valence electrons. The summed E-state index contributed by atoms with van der Waals surface area (Å²) in [7, 11) is 0. The number of ether oxygens (including phenoxy) is 1. The van der Waals surface area contributed by atoms with Crippen molar-refractivity contribution in [3.63, 3.8) is 0 Å². The van der Waals surface area contributed by atoms with Gasteiger partial charge in [-0.05, 0) is 50.5 Å². The average molecular weight is 366 g/mol. The maximum Gasteiger partial charge on any atom is 0.408 e. The Morgan fingerprint density at radius 1 is 1.04 bits per heavy atom. The highest BCUT2D eigenvalue weighted by Crippen LogP contribution is 2.58. The zero-order valence-electron chi connectivity index (χ0n) is 16.2. The van der Waals surface area contributed by atoms with Crippen LogP contribution in [0.4, 0.5) is 10.5 Å². The second-order valence-electron chi connectivity index (χ2n) is 8.02. The number of hydrogen-bond donors (Lipinski definition) is 2. The van der Waals surface area contributed by atoms with Crippen LogP contribution in [0.15, 0.2) is 54.6 Å². The molecule has 0 unspecified atom stereocenters. The van der Waals surface area contributed by atoms with Crippen LogP contribution < -0.4 is 10.6 Å². The topological polar surface area (TPSA) is 67.4 Å². The van der Waals surface area contributed by atoms with Gasteiger partial charge in [0.1, 0.15) is 5.60 Å². The molecule has 0 bridgehead atoms. The lowest BCUT2D eigenvalue weighted by atomic mass is 9.98. The van der Waals surface area contributed by atoms with Gasteiger partial charge in [-0.3, -0.25) is 4.79 Å². The maximum absolute atomic E-state index is 12.5. The molecule has 0 spiro atoms. The summed E-state index contributed by atoms with van der Waals surface area (Å²) in [5, 5.41) is 5.87. The van der Waals surface area contributed by atoms with Gasteiger partial charge >= 0.3 is 6.09 Å². The largest absolute Gasteiger partial charge is 0.444 e. The first-order chi connectivity index (χ1) is 12.7. The van der Waals surface area contributed by atoms with Gasteiger partial charge in [0.2, 0.25) is 5.91 Å². The molecule has 5 heteroatoms. The van der Waals surface area contributed by atoms with E-state index in [2.05, 4.69) is 22.8 Å². The summed E-state index contributed by atoms with van der Waals surface area (Å²) >= 11 is 0. The van der Waals surface area contributed by atoms with Gasteiger partial charge in [-0.15, -0.1) is 0 Å². The van der Waals surface area contributed by atoms with E-state index in [-0.39, 0.29) is 11.8 Å². The van der Waals surface area contributed by atoms with Gasteiger partial charge < -0.3 is 15.4 Å². The molecule has 1 saturated carbocycles. The fourth-order valence-electron chi connectivity index (χ4n) is 3.42. The molecule has 0 aromatic heterocycles. The van der Waals surface area contributed by atoms with E-state index in [4.69, 9.17) is 4.74 Å². The van der Waals surface area contributed by atoms with Crippen molar-refractivity contribution < 1.29 is 14.3 Å². The van der Waals surface area contributed by atoms with Gasteiger partial charge in [0.05, 0.1) is 5.54 Å². The van der Waals surface area contributed by atoms with E-state index in [0.717, 1.165) is 17.7 Å². The molecular weight excluding hydrogens is 340 g/mol. The van der Waals surface area contributed by atoms with Crippen molar-refractivity contribution >= 4 is 17.7 Å². The minimum Gasteiger partial charge on any atom is -0.444 e. The third-order valence-corrected chi connectivity index (χ3v) is 4.61. The molecule has 0 radical (unpaired) electrons. The Bertz CT molecular complexity index is 825. The molecule has 0 aliphatic heterocycles. The number of amides is 2. The summed E-state index contributed by atoms with van der Waals surface area (Å²) in [6.07, 6.45) is 0.377. The number of hydrogen-bond acceptors (Lipinski definition) is 3. The molecule has 1 aliphatic rings. The quantitative estimate of drug-likeness (QED) is 0.834. The highest BCUT2D eigenvalue weighted by molar-refractivity contribution is 5.88. The fraction of sp³-hybridized carbons (Fsp3) is 0.364. The number of nitrogens with one attached hydrogen (secondary N) is 2. The molecule has 5 nitrogen and oxygen atoms in total. The minimum absolute atomic E-state index is 0.113. The molecule has 1 fully saturated rings. The second-order valence-corrected chi connectivity index (χ2v) is 8.02. The SMILES string of the molecule is CC(=O)Nc1ccc([C@@]2(NC(=O)OC(C)(C)C)C[C@H]2c2ccccc2)cc1. The van der Waals surface area contributed by atoms with Crippen molar-refractivity contribution in [2.75, 3.05) is 5.32 Å². The van der Waals surface area contributed by atoms with Crippen molar-refractivity contribution in [2.45, 2.75) is 51.2 Å². The van der Waals surface area contributed by atoms with Crippen LogP contribution in [-0.4, -0.2) is 17.6 Å². The lowest BCUT2D eigenvalue weighted by Crippen LogP contribution is -2.40. The molecule has 2 amide bonds. The van der Waals surface area contributed by atoms with Crippen LogP contribution in [-0.2, 0) is 15.1 Å². The number of carbonyl (C=O) groups is 2. The van der Waals surface area contributed by atoms with E-state index in [9.17, 15) is 9.59 Å². The van der Waals surface area contributed by atoms with Gasteiger partial charge in [-0.1, -0.05) is 42.5 Å². The Morgan fingerprint density at radius 3 is 2.22 bits per heavy atom. The first kappa shape index (κ1) is 19.0. The summed E-state index contributed by atoms with van der Waals surface area (Å²) in [5.74, 6) is 0.0655. The molecule has 1 aliphatic carbocycles. The second kappa shape index (κ2) is 7.06. The molecule has 2 aromatic rings. The summed E-state index contributed by atoms with van der Waals surface area (Å²) in [4.78, 5) is 23.7. The van der Waals surface area contributed by atoms with Crippen LogP contribution in [0.2, 0.25) is 0 Å². The van der Waals surface area contributed by atoms with Crippen molar-refractivity contribution in [3.05, 3.63) is 65.7 Å². The predicted molar refractivity (Wildman–Crippen MR) is 106 cm³/mol. The normalized spacial score (nSPS) is 21.3. The van der Waals surface area contributed by atoms with Crippen LogP contribution in [0.5, 0.6) is 0 Å². The van der Waals surface area contributed by atoms with Gasteiger partial charge in [0.25, 0.3) is 0 Å². The number of carbonyl (C=O) groups excluding carboxylic acids is 2. The van der Waals surface area contributed by atoms with E-state index in [1.165, 1.54) is 12.5 Å². The van der Waals surface area contributed by atoms with Gasteiger partial charge in [-0.25, -0.2) is 4.79 Å². The van der Waals surface area contributed by atoms with Gasteiger partial charge in [0, 0.05) is 18.5 Å². The highest BCUT2D eigenvalue weighted by Gasteiger charge is 2.57. The highest BCUT2D eigenvalue weighted by atomic mass is 16.6. The zero-order valence-corrected chi connectivity index (χ0v) is 16.2. The van der Waals surface area contributed by atoms with E-state index in [1.807, 2.05) is 63.2 Å². The van der Waals surface area contributed by atoms with Crippen LogP contribution in [0, 0.1) is 0 Å². The molecule has 0 heterocycles. The van der Waals surface area contributed by atoms with Crippen LogP contribution in [0.1, 0.15) is 51.2 Å². The molecule has 3 rings (SSSR count). The van der Waals surface area contributed by atoms with Crippen LogP contribution >= 0.6 is 0 Å². The van der Waals surface area contributed by atoms with Crippen LogP contribution in [0.25, 0.3) is 0 Å². The Kier molecular flexibility index (Phi) is 4.96. The van der Waals surface area contributed by atoms with E-state index in [0.29, 0.717) is 0 Å². The van der Waals surface area contributed by atoms with Gasteiger partial charge in [0.15, 0.2) is 0 Å². The first-order valence-corrected chi connectivity index (χ1v) is 9.14. The summed E-state index contributed by atoms with van der Waals surface area (Å²) in [6, 6.07) is 17.8. The Hall–Kier alpha value is -2.82. The summed E-state index contributed by atoms with van der Waals surface area (Å²) in [5.41, 5.74) is 1.85. The minimum atomic E-state index is -0.558. The maximum atomic E-state index is 12.5. The standard InChI is InChI=1S/C22H26N2O3/c1-15(25)23-18-12-10-17(11-13-18)22(24-20(26)27-21(2,3)4)14-19(22)16-8-6-5-7-9-16/h5-13,19H,14H2,1-4H3,(H,23,25)(H,24,26)/t19-,22-/m0/s1. The Labute approximate surface area is 160 Å². The Morgan fingerprint density at radius 2 is 1.67 bits per heavy atom. The Balaban J connectivity index is 1.87.